The molecule has 76 heavy (non-hydrogen) atoms. The minimum atomic E-state index is -0.0214. The molecule has 384 valence electrons. The van der Waals surface area contributed by atoms with Gasteiger partial charge in [0.05, 0.1) is 45.5 Å². The SMILES string of the molecule is Cc1ccc(N=Nc2cc3c(O)c(c2C)Cc2cc(N=Nc4ccc(C)c(C)c4)c(C)c(c2O)Cc2c(C)c(N=Nc4ccc(C)c(C)c4)cc(c2O)Cc2c(C)c(N=Nc4ccc(C)c(C)c4)cc(c2O)C3)cc1C. The van der Waals surface area contributed by atoms with E-state index in [1.54, 1.807) is 24.3 Å². The number of fused-ring (bicyclic) bond motifs is 8. The molecular weight excluding hydrogens is 945 g/mol. The maximum absolute atomic E-state index is 12.7. The van der Waals surface area contributed by atoms with Gasteiger partial charge in [-0.25, -0.2) is 0 Å². The van der Waals surface area contributed by atoms with E-state index in [-0.39, 0.29) is 48.7 Å². The van der Waals surface area contributed by atoms with Crippen molar-refractivity contribution in [3.8, 4) is 23.0 Å². The van der Waals surface area contributed by atoms with E-state index >= 15 is 0 Å². The summed E-state index contributed by atoms with van der Waals surface area (Å²) in [4.78, 5) is 0. The number of aryl methyl sites for hydroxylation is 8. The fraction of sp³-hybridized carbons (Fsp3) is 0.250. The highest BCUT2D eigenvalue weighted by Crippen LogP contribution is 2.47. The molecule has 12 nitrogen and oxygen atoms in total. The Morgan fingerprint density at radius 2 is 0.474 bits per heavy atom. The Labute approximate surface area is 445 Å². The summed E-state index contributed by atoms with van der Waals surface area (Å²) in [6.07, 6.45) is 0.182. The largest absolute Gasteiger partial charge is 0.507 e. The van der Waals surface area contributed by atoms with Gasteiger partial charge in [0.1, 0.15) is 23.0 Å². The first-order valence-electron chi connectivity index (χ1n) is 25.6. The van der Waals surface area contributed by atoms with Crippen LogP contribution in [0.2, 0.25) is 0 Å². The van der Waals surface area contributed by atoms with Crippen molar-refractivity contribution in [1.29, 1.82) is 0 Å². The number of aromatic hydroxyl groups is 4. The molecule has 1 aliphatic rings. The van der Waals surface area contributed by atoms with Crippen molar-refractivity contribution in [2.75, 3.05) is 0 Å². The first-order valence-corrected chi connectivity index (χ1v) is 25.6. The lowest BCUT2D eigenvalue weighted by molar-refractivity contribution is 0.449. The Kier molecular flexibility index (Phi) is 14.6. The third kappa shape index (κ3) is 10.7. The number of hydrogen-bond donors (Lipinski definition) is 4. The number of rotatable bonds is 8. The van der Waals surface area contributed by atoms with Crippen LogP contribution >= 0.6 is 0 Å². The van der Waals surface area contributed by atoms with Crippen LogP contribution in [-0.2, 0) is 25.7 Å². The maximum atomic E-state index is 12.7. The summed E-state index contributed by atoms with van der Waals surface area (Å²) in [6.45, 7) is 23.8. The van der Waals surface area contributed by atoms with Gasteiger partial charge >= 0.3 is 0 Å². The normalized spacial score (nSPS) is 12.8. The zero-order chi connectivity index (χ0) is 54.3. The molecule has 0 atom stereocenters. The predicted octanol–water partition coefficient (Wildman–Crippen LogP) is 18.5. The van der Waals surface area contributed by atoms with E-state index in [2.05, 4.69) is 10.2 Å². The van der Waals surface area contributed by atoms with Gasteiger partial charge in [-0.3, -0.25) is 0 Å². The predicted molar refractivity (Wildman–Crippen MR) is 303 cm³/mol. The number of azo groups is 4. The molecule has 0 aromatic heterocycles. The summed E-state index contributed by atoms with van der Waals surface area (Å²) < 4.78 is 0. The van der Waals surface area contributed by atoms with Crippen molar-refractivity contribution < 1.29 is 20.4 Å². The zero-order valence-corrected chi connectivity index (χ0v) is 45.4. The van der Waals surface area contributed by atoms with E-state index in [1.807, 2.05) is 156 Å². The molecule has 9 rings (SSSR count). The summed E-state index contributed by atoms with van der Waals surface area (Å²) in [5.74, 6) is -0.0757. The number of hydrogen-bond acceptors (Lipinski definition) is 12. The third-order valence-corrected chi connectivity index (χ3v) is 15.5. The molecule has 8 aromatic carbocycles. The Hall–Kier alpha value is -8.64. The van der Waals surface area contributed by atoms with Crippen LogP contribution in [0.25, 0.3) is 0 Å². The van der Waals surface area contributed by atoms with Crippen LogP contribution < -0.4 is 0 Å². The van der Waals surface area contributed by atoms with Crippen LogP contribution in [-0.4, -0.2) is 20.4 Å². The fourth-order valence-electron chi connectivity index (χ4n) is 9.65. The zero-order valence-electron chi connectivity index (χ0n) is 45.4. The summed E-state index contributed by atoms with van der Waals surface area (Å²) in [5.41, 5.74) is 20.0. The van der Waals surface area contributed by atoms with Crippen molar-refractivity contribution >= 4 is 45.5 Å². The molecule has 4 N–H and O–H groups in total. The van der Waals surface area contributed by atoms with Crippen LogP contribution in [0.5, 0.6) is 23.0 Å². The number of phenolic OH excluding ortho intramolecular Hbond substituents is 4. The van der Waals surface area contributed by atoms with Crippen LogP contribution in [0, 0.1) is 83.1 Å². The molecule has 0 fully saturated rings. The molecule has 8 bridgehead atoms. The van der Waals surface area contributed by atoms with E-state index in [1.165, 1.54) is 0 Å². The standard InChI is InChI=1S/C64H64N8O4/c1-33-13-17-49(21-37(33)5)65-69-57-28-45-25-46-29-58(70-66-50-18-14-34(2)38(6)22-50)42(10)54(62(46)74)27-48-31-60(72-68-52-20-16-36(4)40(8)24-52)44(12)56(64(48)76)32-55-43(11)59(71-67-51-19-15-35(3)39(7)23-51)30-47(63(55)75)26-53(41(57)9)61(45)73/h13-24,28-31,73-76H,25-27,32H2,1-12H3. The van der Waals surface area contributed by atoms with Gasteiger partial charge < -0.3 is 20.4 Å². The van der Waals surface area contributed by atoms with Gasteiger partial charge in [-0.1, -0.05) is 24.3 Å². The van der Waals surface area contributed by atoms with E-state index in [0.717, 1.165) is 44.5 Å². The summed E-state index contributed by atoms with van der Waals surface area (Å²) in [6, 6.07) is 30.8. The quantitative estimate of drug-likeness (QED) is 0.111. The molecule has 12 heteroatoms. The number of nitrogens with zero attached hydrogens (tertiary/aromatic N) is 8. The molecule has 0 saturated carbocycles. The molecule has 8 aromatic rings. The molecule has 0 spiro atoms. The summed E-state index contributed by atoms with van der Waals surface area (Å²) in [7, 11) is 0. The summed E-state index contributed by atoms with van der Waals surface area (Å²) in [5, 5.41) is 88.6. The molecular formula is C64H64N8O4. The molecule has 0 radical (unpaired) electrons. The van der Waals surface area contributed by atoms with Gasteiger partial charge in [0, 0.05) is 70.2 Å². The van der Waals surface area contributed by atoms with Crippen LogP contribution in [0.15, 0.2) is 138 Å². The van der Waals surface area contributed by atoms with Gasteiger partial charge in [-0.2, -0.15) is 40.9 Å². The van der Waals surface area contributed by atoms with Crippen LogP contribution in [0.3, 0.4) is 0 Å². The topological polar surface area (TPSA) is 180 Å². The first-order chi connectivity index (χ1) is 36.2. The second kappa shape index (κ2) is 21.3. The Balaban J connectivity index is 1.31. The fourth-order valence-corrected chi connectivity index (χ4v) is 9.65. The molecule has 0 saturated heterocycles. The monoisotopic (exact) mass is 1010 g/mol. The third-order valence-electron chi connectivity index (χ3n) is 15.5. The second-order valence-electron chi connectivity index (χ2n) is 20.6. The van der Waals surface area contributed by atoms with E-state index in [0.29, 0.717) is 112 Å². The van der Waals surface area contributed by atoms with E-state index in [4.69, 9.17) is 30.7 Å². The van der Waals surface area contributed by atoms with Crippen molar-refractivity contribution in [3.05, 3.63) is 208 Å². The molecule has 0 heterocycles. The van der Waals surface area contributed by atoms with Crippen molar-refractivity contribution in [2.24, 2.45) is 40.9 Å². The highest BCUT2D eigenvalue weighted by atomic mass is 16.3. The van der Waals surface area contributed by atoms with Gasteiger partial charge in [0.25, 0.3) is 0 Å². The molecule has 0 aliphatic heterocycles. The second-order valence-corrected chi connectivity index (χ2v) is 20.6. The smallest absolute Gasteiger partial charge is 0.123 e. The average Bonchev–Trinajstić information content (AvgIpc) is 3.40. The van der Waals surface area contributed by atoms with Crippen molar-refractivity contribution in [2.45, 2.75) is 109 Å². The van der Waals surface area contributed by atoms with E-state index in [9.17, 15) is 20.4 Å². The Bertz CT molecular complexity index is 3550. The van der Waals surface area contributed by atoms with Gasteiger partial charge in [-0.05, 0) is 223 Å². The highest BCUT2D eigenvalue weighted by molar-refractivity contribution is 5.70. The first kappa shape index (κ1) is 52.2. The molecule has 0 unspecified atom stereocenters. The Morgan fingerprint density at radius 3 is 0.711 bits per heavy atom. The minimum Gasteiger partial charge on any atom is -0.507 e. The maximum Gasteiger partial charge on any atom is 0.123 e. The van der Waals surface area contributed by atoms with E-state index < -0.39 is 0 Å². The van der Waals surface area contributed by atoms with Crippen molar-refractivity contribution in [3.63, 3.8) is 0 Å². The molecule has 1 aliphatic carbocycles. The van der Waals surface area contributed by atoms with Gasteiger partial charge in [0.15, 0.2) is 0 Å². The number of phenols is 4. The lowest BCUT2D eigenvalue weighted by Crippen LogP contribution is -2.05. The van der Waals surface area contributed by atoms with Gasteiger partial charge in [-0.15, -0.1) is 0 Å². The van der Waals surface area contributed by atoms with Crippen LogP contribution in [0.4, 0.5) is 45.5 Å². The highest BCUT2D eigenvalue weighted by Gasteiger charge is 2.27. The Morgan fingerprint density at radius 1 is 0.250 bits per heavy atom. The van der Waals surface area contributed by atoms with Gasteiger partial charge in [0.2, 0.25) is 0 Å². The minimum absolute atomic E-state index is 0.0165. The lowest BCUT2D eigenvalue weighted by Gasteiger charge is -2.22. The lowest BCUT2D eigenvalue weighted by atomic mass is 9.86. The molecule has 0 amide bonds. The van der Waals surface area contributed by atoms with Crippen LogP contribution in [0.1, 0.15) is 111 Å². The van der Waals surface area contributed by atoms with Crippen molar-refractivity contribution in [1.82, 2.24) is 0 Å². The summed E-state index contributed by atoms with van der Waals surface area (Å²) >= 11 is 0. The average molecular weight is 1010 g/mol. The number of benzene rings is 8.